The van der Waals surface area contributed by atoms with Crippen molar-refractivity contribution < 1.29 is 4.74 Å². The fourth-order valence-corrected chi connectivity index (χ4v) is 4.80. The Bertz CT molecular complexity index is 1560. The second-order valence-corrected chi connectivity index (χ2v) is 9.62. The third kappa shape index (κ3) is 5.25. The maximum absolute atomic E-state index is 13.3. The van der Waals surface area contributed by atoms with Crippen LogP contribution in [0.15, 0.2) is 89.7 Å². The van der Waals surface area contributed by atoms with E-state index in [4.69, 9.17) is 32.9 Å². The van der Waals surface area contributed by atoms with Gasteiger partial charge in [0.25, 0.3) is 5.56 Å². The number of nitrogens with zero attached hydrogens (tertiary/aromatic N) is 2. The molecule has 5 rings (SSSR count). The van der Waals surface area contributed by atoms with E-state index >= 15 is 0 Å². The summed E-state index contributed by atoms with van der Waals surface area (Å²) in [4.78, 5) is 18.1. The Labute approximate surface area is 220 Å². The second kappa shape index (κ2) is 11.2. The zero-order valence-corrected chi connectivity index (χ0v) is 21.3. The number of halogens is 2. The van der Waals surface area contributed by atoms with E-state index in [0.29, 0.717) is 39.9 Å². The summed E-state index contributed by atoms with van der Waals surface area (Å²) in [6.07, 6.45) is 3.75. The molecular weight excluding hydrogens is 491 g/mol. The van der Waals surface area contributed by atoms with Gasteiger partial charge in [0.15, 0.2) is 0 Å². The van der Waals surface area contributed by atoms with Gasteiger partial charge in [-0.05, 0) is 60.7 Å². The average molecular weight is 517 g/mol. The van der Waals surface area contributed by atoms with Crippen LogP contribution < -0.4 is 10.3 Å². The van der Waals surface area contributed by atoms with Gasteiger partial charge in [0.1, 0.15) is 11.6 Å². The van der Waals surface area contributed by atoms with Gasteiger partial charge >= 0.3 is 0 Å². The van der Waals surface area contributed by atoms with Crippen LogP contribution in [0, 0.1) is 0 Å². The SMILES string of the molecule is O=c1c2ccccc2nc(-c2ccc(Cl)cc2)n1CCCCCCOc1c(Cl)ccc2ccccc12. The zero-order valence-electron chi connectivity index (χ0n) is 19.8. The fraction of sp³-hybridized carbons (Fsp3) is 0.200. The quantitative estimate of drug-likeness (QED) is 0.185. The molecule has 0 radical (unpaired) electrons. The highest BCUT2D eigenvalue weighted by Gasteiger charge is 2.13. The third-order valence-electron chi connectivity index (χ3n) is 6.32. The molecule has 4 nitrogen and oxygen atoms in total. The van der Waals surface area contributed by atoms with Crippen molar-refractivity contribution >= 4 is 44.9 Å². The lowest BCUT2D eigenvalue weighted by Gasteiger charge is -2.14. The lowest BCUT2D eigenvalue weighted by atomic mass is 10.1. The van der Waals surface area contributed by atoms with Gasteiger partial charge in [0.05, 0.1) is 22.5 Å². The van der Waals surface area contributed by atoms with Gasteiger partial charge in [-0.1, -0.05) is 78.5 Å². The summed E-state index contributed by atoms with van der Waals surface area (Å²) in [5.41, 5.74) is 1.56. The van der Waals surface area contributed by atoms with Gasteiger partial charge in [-0.15, -0.1) is 0 Å². The Kier molecular flexibility index (Phi) is 7.55. The summed E-state index contributed by atoms with van der Waals surface area (Å²) >= 11 is 12.5. The van der Waals surface area contributed by atoms with Crippen LogP contribution in [0.1, 0.15) is 25.7 Å². The van der Waals surface area contributed by atoms with Crippen LogP contribution in [-0.2, 0) is 6.54 Å². The first kappa shape index (κ1) is 24.4. The molecule has 0 aliphatic carbocycles. The Morgan fingerprint density at radius 1 is 0.750 bits per heavy atom. The van der Waals surface area contributed by atoms with Gasteiger partial charge in [0.2, 0.25) is 0 Å². The molecule has 36 heavy (non-hydrogen) atoms. The van der Waals surface area contributed by atoms with Crippen LogP contribution in [0.2, 0.25) is 10.0 Å². The van der Waals surface area contributed by atoms with E-state index in [2.05, 4.69) is 6.07 Å². The number of unbranched alkanes of at least 4 members (excludes halogenated alkanes) is 3. The third-order valence-corrected chi connectivity index (χ3v) is 6.87. The van der Waals surface area contributed by atoms with Crippen molar-refractivity contribution in [3.05, 3.63) is 105 Å². The smallest absolute Gasteiger partial charge is 0.261 e. The summed E-state index contributed by atoms with van der Waals surface area (Å²) in [5, 5.41) is 4.06. The maximum Gasteiger partial charge on any atom is 0.261 e. The van der Waals surface area contributed by atoms with E-state index in [-0.39, 0.29) is 5.56 Å². The van der Waals surface area contributed by atoms with Crippen molar-refractivity contribution in [2.45, 2.75) is 32.2 Å². The summed E-state index contributed by atoms with van der Waals surface area (Å²) in [5.74, 6) is 1.42. The summed E-state index contributed by atoms with van der Waals surface area (Å²) in [6, 6.07) is 26.9. The molecule has 5 aromatic rings. The number of para-hydroxylation sites is 1. The van der Waals surface area contributed by atoms with Crippen LogP contribution in [0.5, 0.6) is 5.75 Å². The van der Waals surface area contributed by atoms with E-state index in [1.54, 1.807) is 4.57 Å². The Morgan fingerprint density at radius 2 is 1.47 bits per heavy atom. The zero-order chi connectivity index (χ0) is 24.9. The number of hydrogen-bond acceptors (Lipinski definition) is 3. The van der Waals surface area contributed by atoms with Crippen molar-refractivity contribution in [3.63, 3.8) is 0 Å². The number of aromatic nitrogens is 2. The fourth-order valence-electron chi connectivity index (χ4n) is 4.46. The molecule has 6 heteroatoms. The monoisotopic (exact) mass is 516 g/mol. The molecule has 1 aromatic heterocycles. The van der Waals surface area contributed by atoms with Crippen molar-refractivity contribution in [1.82, 2.24) is 9.55 Å². The predicted molar refractivity (Wildman–Crippen MR) is 149 cm³/mol. The highest BCUT2D eigenvalue weighted by Crippen LogP contribution is 2.33. The number of benzene rings is 4. The molecule has 0 saturated heterocycles. The molecule has 0 bridgehead atoms. The molecular formula is C30H26Cl2N2O2. The first-order valence-electron chi connectivity index (χ1n) is 12.2. The lowest BCUT2D eigenvalue weighted by Crippen LogP contribution is -2.23. The molecule has 4 aromatic carbocycles. The van der Waals surface area contributed by atoms with Gasteiger partial charge < -0.3 is 4.74 Å². The first-order chi connectivity index (χ1) is 17.6. The molecule has 0 fully saturated rings. The normalized spacial score (nSPS) is 11.3. The molecule has 1 heterocycles. The second-order valence-electron chi connectivity index (χ2n) is 8.78. The van der Waals surface area contributed by atoms with Crippen molar-refractivity contribution in [1.29, 1.82) is 0 Å². The largest absolute Gasteiger partial charge is 0.491 e. The van der Waals surface area contributed by atoms with Crippen molar-refractivity contribution in [3.8, 4) is 17.1 Å². The molecule has 0 atom stereocenters. The minimum Gasteiger partial charge on any atom is -0.491 e. The van der Waals surface area contributed by atoms with E-state index < -0.39 is 0 Å². The number of rotatable bonds is 9. The van der Waals surface area contributed by atoms with Crippen LogP contribution in [0.4, 0.5) is 0 Å². The van der Waals surface area contributed by atoms with Crippen LogP contribution >= 0.6 is 23.2 Å². The van der Waals surface area contributed by atoms with E-state index in [1.807, 2.05) is 78.9 Å². The van der Waals surface area contributed by atoms with Gasteiger partial charge in [-0.25, -0.2) is 4.98 Å². The number of ether oxygens (including phenoxy) is 1. The van der Waals surface area contributed by atoms with Gasteiger partial charge in [0, 0.05) is 22.5 Å². The van der Waals surface area contributed by atoms with Crippen LogP contribution in [0.3, 0.4) is 0 Å². The average Bonchev–Trinajstić information content (AvgIpc) is 2.90. The minimum atomic E-state index is -0.0144. The Morgan fingerprint density at radius 3 is 2.31 bits per heavy atom. The summed E-state index contributed by atoms with van der Waals surface area (Å²) in [6.45, 7) is 1.20. The molecule has 0 amide bonds. The maximum atomic E-state index is 13.3. The lowest BCUT2D eigenvalue weighted by molar-refractivity contribution is 0.307. The molecule has 182 valence electrons. The summed E-state index contributed by atoms with van der Waals surface area (Å²) < 4.78 is 7.85. The molecule has 0 N–H and O–H groups in total. The molecule has 0 aliphatic heterocycles. The molecule has 0 saturated carbocycles. The topological polar surface area (TPSA) is 44.1 Å². The number of hydrogen-bond donors (Lipinski definition) is 0. The van der Waals surface area contributed by atoms with Gasteiger partial charge in [-0.3, -0.25) is 9.36 Å². The van der Waals surface area contributed by atoms with Gasteiger partial charge in [-0.2, -0.15) is 0 Å². The van der Waals surface area contributed by atoms with Crippen molar-refractivity contribution in [2.24, 2.45) is 0 Å². The molecule has 0 unspecified atom stereocenters. The standard InChI is InChI=1S/C30H26Cl2N2O2/c31-23-16-13-22(14-17-23)29-33-27-12-6-5-11-25(27)30(35)34(29)19-7-1-2-8-20-36-28-24-10-4-3-9-21(24)15-18-26(28)32/h3-6,9-18H,1-2,7-8,19-20H2. The van der Waals surface area contributed by atoms with Crippen LogP contribution in [0.25, 0.3) is 33.1 Å². The highest BCUT2D eigenvalue weighted by atomic mass is 35.5. The predicted octanol–water partition coefficient (Wildman–Crippen LogP) is 8.16. The van der Waals surface area contributed by atoms with Crippen molar-refractivity contribution in [2.75, 3.05) is 6.61 Å². The molecule has 0 aliphatic rings. The Balaban J connectivity index is 1.23. The summed E-state index contributed by atoms with van der Waals surface area (Å²) in [7, 11) is 0. The minimum absolute atomic E-state index is 0.0144. The van der Waals surface area contributed by atoms with Crippen LogP contribution in [-0.4, -0.2) is 16.2 Å². The Hall–Kier alpha value is -3.34. The van der Waals surface area contributed by atoms with E-state index in [9.17, 15) is 4.79 Å². The van der Waals surface area contributed by atoms with E-state index in [1.165, 1.54) is 0 Å². The highest BCUT2D eigenvalue weighted by molar-refractivity contribution is 6.33. The number of fused-ring (bicyclic) bond motifs is 2. The first-order valence-corrected chi connectivity index (χ1v) is 12.9. The van der Waals surface area contributed by atoms with E-state index in [0.717, 1.165) is 47.8 Å². The molecule has 0 spiro atoms.